The van der Waals surface area contributed by atoms with Gasteiger partial charge >= 0.3 is 5.97 Å². The van der Waals surface area contributed by atoms with Gasteiger partial charge in [0.25, 0.3) is 0 Å². The fourth-order valence-electron chi connectivity index (χ4n) is 4.10. The van der Waals surface area contributed by atoms with Crippen LogP contribution in [0.2, 0.25) is 0 Å². The van der Waals surface area contributed by atoms with Gasteiger partial charge in [-0.25, -0.2) is 4.39 Å². The number of terminal acetylenes is 1. The zero-order valence-corrected chi connectivity index (χ0v) is 19.8. The first-order valence-electron chi connectivity index (χ1n) is 11.8. The SMILES string of the molecule is C#C.CCOC(=O)C[C@@H](CC/C=C/c1c(C2CC2)nc2ccccc2c1-c1ccc(F)cc1)N=O. The Balaban J connectivity index is 0.00000167. The fourth-order valence-corrected chi connectivity index (χ4v) is 4.10. The van der Waals surface area contributed by atoms with E-state index in [2.05, 4.69) is 24.1 Å². The molecule has 35 heavy (non-hydrogen) atoms. The molecule has 0 amide bonds. The molecule has 180 valence electrons. The lowest BCUT2D eigenvalue weighted by molar-refractivity contribution is -0.143. The van der Waals surface area contributed by atoms with E-state index in [0.29, 0.717) is 18.8 Å². The molecule has 1 aliphatic rings. The summed E-state index contributed by atoms with van der Waals surface area (Å²) in [4.78, 5) is 27.8. The summed E-state index contributed by atoms with van der Waals surface area (Å²) < 4.78 is 18.6. The Hall–Kier alpha value is -3.85. The molecule has 1 heterocycles. The molecule has 6 heteroatoms. The number of carbonyl (C=O) groups excluding carboxylic acids is 1. The van der Waals surface area contributed by atoms with E-state index in [9.17, 15) is 14.1 Å². The van der Waals surface area contributed by atoms with Gasteiger partial charge in [0.1, 0.15) is 11.9 Å². The molecule has 0 bridgehead atoms. The highest BCUT2D eigenvalue weighted by atomic mass is 19.1. The number of benzene rings is 2. The number of nitrogens with zero attached hydrogens (tertiary/aromatic N) is 2. The minimum atomic E-state index is -0.608. The van der Waals surface area contributed by atoms with Gasteiger partial charge in [0.05, 0.1) is 24.2 Å². The Labute approximate surface area is 205 Å². The van der Waals surface area contributed by atoms with E-state index in [-0.39, 0.29) is 18.8 Å². The van der Waals surface area contributed by atoms with Crippen LogP contribution in [0.1, 0.15) is 56.2 Å². The van der Waals surface area contributed by atoms with Crippen molar-refractivity contribution in [2.45, 2.75) is 51.0 Å². The highest BCUT2D eigenvalue weighted by molar-refractivity contribution is 5.99. The topological polar surface area (TPSA) is 68.6 Å². The molecule has 0 unspecified atom stereocenters. The Kier molecular flexibility index (Phi) is 9.25. The minimum absolute atomic E-state index is 0.00311. The molecule has 1 saturated carbocycles. The molecule has 0 aliphatic heterocycles. The van der Waals surface area contributed by atoms with E-state index in [1.807, 2.05) is 30.3 Å². The van der Waals surface area contributed by atoms with E-state index in [1.54, 1.807) is 19.1 Å². The number of hydrogen-bond acceptors (Lipinski definition) is 5. The number of esters is 1. The van der Waals surface area contributed by atoms with E-state index in [1.165, 1.54) is 12.1 Å². The summed E-state index contributed by atoms with van der Waals surface area (Å²) in [5, 5.41) is 4.11. The lowest BCUT2D eigenvalue weighted by atomic mass is 9.92. The van der Waals surface area contributed by atoms with Crippen LogP contribution in [-0.4, -0.2) is 23.6 Å². The third kappa shape index (κ3) is 6.60. The zero-order valence-electron chi connectivity index (χ0n) is 19.8. The number of pyridine rings is 1. The Bertz CT molecular complexity index is 1210. The number of ether oxygens (including phenoxy) is 1. The molecule has 1 fully saturated rings. The molecule has 1 atom stereocenters. The van der Waals surface area contributed by atoms with Crippen LogP contribution < -0.4 is 0 Å². The van der Waals surface area contributed by atoms with Crippen LogP contribution in [-0.2, 0) is 9.53 Å². The molecule has 3 aromatic rings. The maximum atomic E-state index is 13.6. The number of para-hydroxylation sites is 1. The Morgan fingerprint density at radius 2 is 1.91 bits per heavy atom. The van der Waals surface area contributed by atoms with Crippen molar-refractivity contribution in [3.05, 3.63) is 76.6 Å². The minimum Gasteiger partial charge on any atom is -0.466 e. The van der Waals surface area contributed by atoms with E-state index >= 15 is 0 Å². The maximum absolute atomic E-state index is 13.6. The van der Waals surface area contributed by atoms with Crippen molar-refractivity contribution in [1.29, 1.82) is 0 Å². The molecule has 1 aliphatic carbocycles. The predicted octanol–water partition coefficient (Wildman–Crippen LogP) is 7.05. The summed E-state index contributed by atoms with van der Waals surface area (Å²) >= 11 is 0. The Morgan fingerprint density at radius 3 is 2.57 bits per heavy atom. The standard InChI is InChI=1S/C27H27FN2O3.C2H2/c1-2-33-25(31)17-21(30-32)7-3-4-9-23-26(18-13-15-20(28)16-14-18)22-8-5-6-10-24(22)29-27(23)19-11-12-19;1-2/h4-6,8-10,13-16,19,21H,2-3,7,11-12,17H2,1H3;1-2H/b9-4+;/t21-;/m1./s1. The number of nitroso groups, excluding NO2 is 1. The van der Waals surface area contributed by atoms with Crippen molar-refractivity contribution in [2.24, 2.45) is 5.18 Å². The number of carbonyl (C=O) groups is 1. The van der Waals surface area contributed by atoms with Gasteiger partial charge in [-0.15, -0.1) is 12.8 Å². The molecule has 0 N–H and O–H groups in total. The van der Waals surface area contributed by atoms with Gasteiger partial charge < -0.3 is 4.74 Å². The number of aromatic nitrogens is 1. The number of allylic oxidation sites excluding steroid dienone is 1. The molecule has 5 nitrogen and oxygen atoms in total. The molecule has 0 saturated heterocycles. The molecule has 2 aromatic carbocycles. The second-order valence-electron chi connectivity index (χ2n) is 8.33. The first-order valence-corrected chi connectivity index (χ1v) is 11.8. The Morgan fingerprint density at radius 1 is 1.20 bits per heavy atom. The molecular weight excluding hydrogens is 443 g/mol. The summed E-state index contributed by atoms with van der Waals surface area (Å²) in [7, 11) is 0. The van der Waals surface area contributed by atoms with Crippen molar-refractivity contribution >= 4 is 22.9 Å². The van der Waals surface area contributed by atoms with Crippen LogP contribution in [0, 0.1) is 23.6 Å². The third-order valence-corrected chi connectivity index (χ3v) is 5.86. The second kappa shape index (κ2) is 12.6. The van der Waals surface area contributed by atoms with Crippen molar-refractivity contribution in [3.63, 3.8) is 0 Å². The fraction of sp³-hybridized carbons (Fsp3) is 0.310. The van der Waals surface area contributed by atoms with Gasteiger partial charge in [-0.3, -0.25) is 9.78 Å². The van der Waals surface area contributed by atoms with E-state index in [4.69, 9.17) is 9.72 Å². The van der Waals surface area contributed by atoms with Crippen molar-refractivity contribution in [3.8, 4) is 24.0 Å². The zero-order chi connectivity index (χ0) is 25.2. The van der Waals surface area contributed by atoms with Gasteiger partial charge in [-0.1, -0.05) is 47.7 Å². The highest BCUT2D eigenvalue weighted by Crippen LogP contribution is 2.45. The van der Waals surface area contributed by atoms with Gasteiger partial charge in [-0.05, 0) is 56.4 Å². The van der Waals surface area contributed by atoms with Gasteiger partial charge in [0.2, 0.25) is 0 Å². The summed E-state index contributed by atoms with van der Waals surface area (Å²) in [6.45, 7) is 2.02. The van der Waals surface area contributed by atoms with Gasteiger partial charge in [-0.2, -0.15) is 4.91 Å². The third-order valence-electron chi connectivity index (χ3n) is 5.86. The molecular formula is C29H29FN2O3. The molecule has 1 aromatic heterocycles. The summed E-state index contributed by atoms with van der Waals surface area (Å²) in [5.41, 5.74) is 4.99. The normalized spacial score (nSPS) is 13.7. The summed E-state index contributed by atoms with van der Waals surface area (Å²) in [6.07, 6.45) is 15.3. The lowest BCUT2D eigenvalue weighted by Gasteiger charge is -2.15. The molecule has 0 spiro atoms. The van der Waals surface area contributed by atoms with Crippen LogP contribution in [0.4, 0.5) is 4.39 Å². The average Bonchev–Trinajstić information content (AvgIpc) is 3.73. The number of rotatable bonds is 10. The monoisotopic (exact) mass is 472 g/mol. The first kappa shape index (κ1) is 25.8. The quantitative estimate of drug-likeness (QED) is 0.180. The van der Waals surface area contributed by atoms with Gasteiger partial charge in [0, 0.05) is 22.4 Å². The largest absolute Gasteiger partial charge is 0.466 e. The number of halogens is 1. The molecule has 4 rings (SSSR count). The van der Waals surface area contributed by atoms with Crippen LogP contribution in [0.25, 0.3) is 28.1 Å². The highest BCUT2D eigenvalue weighted by Gasteiger charge is 2.29. The van der Waals surface area contributed by atoms with E-state index in [0.717, 1.165) is 46.1 Å². The van der Waals surface area contributed by atoms with Crippen LogP contribution in [0.3, 0.4) is 0 Å². The second-order valence-corrected chi connectivity index (χ2v) is 8.33. The number of hydrogen-bond donors (Lipinski definition) is 0. The molecule has 0 radical (unpaired) electrons. The smallest absolute Gasteiger partial charge is 0.308 e. The van der Waals surface area contributed by atoms with E-state index < -0.39 is 12.0 Å². The van der Waals surface area contributed by atoms with Crippen molar-refractivity contribution in [2.75, 3.05) is 6.61 Å². The van der Waals surface area contributed by atoms with Gasteiger partial charge in [0.15, 0.2) is 0 Å². The van der Waals surface area contributed by atoms with Crippen LogP contribution >= 0.6 is 0 Å². The first-order chi connectivity index (χ1) is 17.1. The number of fused-ring (bicyclic) bond motifs is 1. The van der Waals surface area contributed by atoms with Crippen LogP contribution in [0.5, 0.6) is 0 Å². The van der Waals surface area contributed by atoms with Crippen molar-refractivity contribution < 1.29 is 13.9 Å². The lowest BCUT2D eigenvalue weighted by Crippen LogP contribution is -2.13. The maximum Gasteiger partial charge on any atom is 0.308 e. The van der Waals surface area contributed by atoms with Crippen molar-refractivity contribution in [1.82, 2.24) is 4.98 Å². The summed E-state index contributed by atoms with van der Waals surface area (Å²) in [5.74, 6) is -0.258. The average molecular weight is 473 g/mol. The van der Waals surface area contributed by atoms with Crippen LogP contribution in [0.15, 0.2) is 59.8 Å². The predicted molar refractivity (Wildman–Crippen MR) is 138 cm³/mol. The summed E-state index contributed by atoms with van der Waals surface area (Å²) in [6, 6.07) is 14.0.